The highest BCUT2D eigenvalue weighted by Gasteiger charge is 2.34. The maximum atomic E-state index is 12.4. The number of amides is 2. The molecule has 0 spiro atoms. The van der Waals surface area contributed by atoms with E-state index in [2.05, 4.69) is 10.2 Å². The minimum atomic E-state index is -2.87. The van der Waals surface area contributed by atoms with Gasteiger partial charge in [0.05, 0.1) is 18.6 Å². The molecule has 2 saturated heterocycles. The van der Waals surface area contributed by atoms with E-state index >= 15 is 0 Å². The molecule has 2 amide bonds. The first-order valence-electron chi connectivity index (χ1n) is 8.57. The Morgan fingerprint density at radius 3 is 2.60 bits per heavy atom. The van der Waals surface area contributed by atoms with Crippen LogP contribution in [0.5, 0.6) is 5.75 Å². The van der Waals surface area contributed by atoms with Crippen molar-refractivity contribution in [1.29, 1.82) is 0 Å². The fourth-order valence-electron chi connectivity index (χ4n) is 3.49. The van der Waals surface area contributed by atoms with Crippen LogP contribution in [0.3, 0.4) is 0 Å². The number of hydrogen-bond donors (Lipinski definition) is 1. The lowest BCUT2D eigenvalue weighted by Crippen LogP contribution is -2.54. The molecule has 2 fully saturated rings. The minimum absolute atomic E-state index is 0.0930. The van der Waals surface area contributed by atoms with E-state index in [0.29, 0.717) is 26.1 Å². The average Bonchev–Trinajstić information content (AvgIpc) is 3.00. The smallest absolute Gasteiger partial charge is 0.317 e. The minimum Gasteiger partial charge on any atom is -0.496 e. The molecule has 1 unspecified atom stereocenters. The Kier molecular flexibility index (Phi) is 5.48. The molecule has 25 heavy (non-hydrogen) atoms. The molecule has 2 heterocycles. The van der Waals surface area contributed by atoms with E-state index in [0.717, 1.165) is 24.4 Å². The number of hydrogen-bond acceptors (Lipinski definition) is 5. The molecule has 1 aromatic rings. The predicted octanol–water partition coefficient (Wildman–Crippen LogP) is 0.710. The fraction of sp³-hybridized carbons (Fsp3) is 0.588. The first kappa shape index (κ1) is 18.0. The van der Waals surface area contributed by atoms with Crippen LogP contribution in [-0.2, 0) is 16.4 Å². The second-order valence-corrected chi connectivity index (χ2v) is 8.78. The highest BCUT2D eigenvalue weighted by molar-refractivity contribution is 7.91. The quantitative estimate of drug-likeness (QED) is 0.848. The molecular formula is C17H25N3O4S. The van der Waals surface area contributed by atoms with Gasteiger partial charge in [0, 0.05) is 44.3 Å². The molecule has 8 heteroatoms. The Bertz CT molecular complexity index is 714. The fourth-order valence-corrected chi connectivity index (χ4v) is 5.25. The van der Waals surface area contributed by atoms with Crippen LogP contribution < -0.4 is 10.1 Å². The van der Waals surface area contributed by atoms with E-state index in [-0.39, 0.29) is 23.6 Å². The number of methoxy groups -OCH3 is 1. The van der Waals surface area contributed by atoms with Gasteiger partial charge < -0.3 is 15.0 Å². The normalized spacial score (nSPS) is 23.4. The highest BCUT2D eigenvalue weighted by Crippen LogP contribution is 2.20. The number of carbonyl (C=O) groups excluding carboxylic acids is 1. The summed E-state index contributed by atoms with van der Waals surface area (Å²) in [5.41, 5.74) is 0.938. The molecule has 0 saturated carbocycles. The van der Waals surface area contributed by atoms with Gasteiger partial charge in [-0.2, -0.15) is 0 Å². The van der Waals surface area contributed by atoms with E-state index in [4.69, 9.17) is 4.74 Å². The van der Waals surface area contributed by atoms with Crippen molar-refractivity contribution < 1.29 is 17.9 Å². The molecule has 2 aliphatic heterocycles. The molecule has 0 aliphatic carbocycles. The number of para-hydroxylation sites is 1. The van der Waals surface area contributed by atoms with Crippen molar-refractivity contribution in [2.45, 2.75) is 19.0 Å². The summed E-state index contributed by atoms with van der Waals surface area (Å²) in [6.45, 7) is 3.11. The zero-order valence-corrected chi connectivity index (χ0v) is 15.3. The van der Waals surface area contributed by atoms with Crippen molar-refractivity contribution in [3.05, 3.63) is 29.8 Å². The summed E-state index contributed by atoms with van der Waals surface area (Å²) in [7, 11) is -1.25. The summed E-state index contributed by atoms with van der Waals surface area (Å²) < 4.78 is 28.5. The van der Waals surface area contributed by atoms with Crippen molar-refractivity contribution in [1.82, 2.24) is 15.1 Å². The van der Waals surface area contributed by atoms with Gasteiger partial charge in [0.2, 0.25) is 0 Å². The Labute approximate surface area is 148 Å². The van der Waals surface area contributed by atoms with Crippen molar-refractivity contribution >= 4 is 15.9 Å². The van der Waals surface area contributed by atoms with E-state index in [1.165, 1.54) is 0 Å². The second kappa shape index (κ2) is 7.61. The van der Waals surface area contributed by atoms with Crippen LogP contribution in [0.2, 0.25) is 0 Å². The third kappa shape index (κ3) is 4.43. The van der Waals surface area contributed by atoms with E-state index in [9.17, 15) is 13.2 Å². The lowest BCUT2D eigenvalue weighted by atomic mass is 10.2. The summed E-state index contributed by atoms with van der Waals surface area (Å²) in [6, 6.07) is 7.63. The Morgan fingerprint density at radius 1 is 1.24 bits per heavy atom. The number of ether oxygens (including phenoxy) is 1. The molecule has 1 aromatic carbocycles. The Balaban J connectivity index is 1.47. The molecule has 0 bridgehead atoms. The number of urea groups is 1. The molecule has 3 rings (SSSR count). The first-order valence-corrected chi connectivity index (χ1v) is 10.4. The van der Waals surface area contributed by atoms with Gasteiger partial charge >= 0.3 is 6.03 Å². The summed E-state index contributed by atoms with van der Waals surface area (Å²) in [4.78, 5) is 16.4. The third-order valence-electron chi connectivity index (χ3n) is 4.95. The van der Waals surface area contributed by atoms with Gasteiger partial charge in [-0.05, 0) is 12.5 Å². The van der Waals surface area contributed by atoms with Gasteiger partial charge in [0.15, 0.2) is 9.84 Å². The molecule has 0 aromatic heterocycles. The van der Waals surface area contributed by atoms with Crippen LogP contribution in [0.25, 0.3) is 0 Å². The number of carbonyl (C=O) groups is 1. The third-order valence-corrected chi connectivity index (χ3v) is 6.70. The molecule has 7 nitrogen and oxygen atoms in total. The largest absolute Gasteiger partial charge is 0.496 e. The number of nitrogens with zero attached hydrogens (tertiary/aromatic N) is 2. The summed E-state index contributed by atoms with van der Waals surface area (Å²) in [6.07, 6.45) is 0.711. The standard InChI is InChI=1S/C17H25N3O4S/c1-24-16-5-3-2-4-14(16)12-18-17(21)20-9-7-19(8-10-20)15-6-11-25(22,23)13-15/h2-5,15H,6-13H2,1H3,(H,18,21). The summed E-state index contributed by atoms with van der Waals surface area (Å²) in [5.74, 6) is 1.31. The average molecular weight is 367 g/mol. The van der Waals surface area contributed by atoms with Crippen LogP contribution in [-0.4, -0.2) is 75.1 Å². The monoisotopic (exact) mass is 367 g/mol. The predicted molar refractivity (Wildman–Crippen MR) is 95.4 cm³/mol. The van der Waals surface area contributed by atoms with Gasteiger partial charge in [-0.3, -0.25) is 4.90 Å². The van der Waals surface area contributed by atoms with E-state index in [1.54, 1.807) is 12.0 Å². The SMILES string of the molecule is COc1ccccc1CNC(=O)N1CCN(C2CCS(=O)(=O)C2)CC1. The number of benzene rings is 1. The van der Waals surface area contributed by atoms with Gasteiger partial charge in [-0.1, -0.05) is 18.2 Å². The van der Waals surface area contributed by atoms with E-state index in [1.807, 2.05) is 24.3 Å². The summed E-state index contributed by atoms with van der Waals surface area (Å²) in [5, 5.41) is 2.93. The van der Waals surface area contributed by atoms with Crippen molar-refractivity contribution in [3.63, 3.8) is 0 Å². The van der Waals surface area contributed by atoms with Crippen LogP contribution in [0, 0.1) is 0 Å². The maximum absolute atomic E-state index is 12.4. The molecule has 1 N–H and O–H groups in total. The van der Waals surface area contributed by atoms with Gasteiger partial charge in [-0.15, -0.1) is 0 Å². The van der Waals surface area contributed by atoms with Gasteiger partial charge in [0.1, 0.15) is 5.75 Å². The zero-order valence-electron chi connectivity index (χ0n) is 14.5. The van der Waals surface area contributed by atoms with Crippen LogP contribution in [0.4, 0.5) is 4.79 Å². The Hall–Kier alpha value is -1.80. The molecule has 0 radical (unpaired) electrons. The number of rotatable bonds is 4. The molecule has 2 aliphatic rings. The van der Waals surface area contributed by atoms with Crippen LogP contribution >= 0.6 is 0 Å². The second-order valence-electron chi connectivity index (χ2n) is 6.55. The first-order chi connectivity index (χ1) is 12.0. The van der Waals surface area contributed by atoms with E-state index < -0.39 is 9.84 Å². The molecule has 1 atom stereocenters. The number of nitrogens with one attached hydrogen (secondary N) is 1. The lowest BCUT2D eigenvalue weighted by molar-refractivity contribution is 0.115. The number of sulfone groups is 1. The van der Waals surface area contributed by atoms with Gasteiger partial charge in [-0.25, -0.2) is 13.2 Å². The molecular weight excluding hydrogens is 342 g/mol. The number of piperazine rings is 1. The Morgan fingerprint density at radius 2 is 1.96 bits per heavy atom. The topological polar surface area (TPSA) is 79.0 Å². The van der Waals surface area contributed by atoms with Crippen molar-refractivity contribution in [3.8, 4) is 5.75 Å². The van der Waals surface area contributed by atoms with Crippen LogP contribution in [0.15, 0.2) is 24.3 Å². The van der Waals surface area contributed by atoms with Crippen LogP contribution in [0.1, 0.15) is 12.0 Å². The van der Waals surface area contributed by atoms with Gasteiger partial charge in [0.25, 0.3) is 0 Å². The lowest BCUT2D eigenvalue weighted by Gasteiger charge is -2.37. The van der Waals surface area contributed by atoms with Crippen molar-refractivity contribution in [2.75, 3.05) is 44.8 Å². The summed E-state index contributed by atoms with van der Waals surface area (Å²) >= 11 is 0. The maximum Gasteiger partial charge on any atom is 0.317 e. The zero-order chi connectivity index (χ0) is 17.9. The van der Waals surface area contributed by atoms with Crippen molar-refractivity contribution in [2.24, 2.45) is 0 Å². The molecule has 138 valence electrons. The highest BCUT2D eigenvalue weighted by atomic mass is 32.2.